The Labute approximate surface area is 55.5 Å². The van der Waals surface area contributed by atoms with E-state index in [4.69, 9.17) is 0 Å². The molecule has 0 heterocycles. The first-order chi connectivity index (χ1) is 4.39. The zero-order chi connectivity index (χ0) is 8.36. The van der Waals surface area contributed by atoms with Crippen LogP contribution in [0.25, 0.3) is 0 Å². The van der Waals surface area contributed by atoms with Crippen molar-refractivity contribution in [3.63, 3.8) is 0 Å². The summed E-state index contributed by atoms with van der Waals surface area (Å²) >= 11 is 0. The molecule has 0 aromatic rings. The van der Waals surface area contributed by atoms with Crippen molar-refractivity contribution in [2.75, 3.05) is 6.54 Å². The lowest BCUT2D eigenvalue weighted by Gasteiger charge is -2.05. The zero-order valence-electron chi connectivity index (χ0n) is 5.03. The monoisotopic (exact) mass is 153 g/mol. The number of rotatable bonds is 2. The lowest BCUT2D eigenvalue weighted by molar-refractivity contribution is -0.127. The van der Waals surface area contributed by atoms with Gasteiger partial charge in [0.1, 0.15) is 0 Å². The molecule has 58 valence electrons. The molecule has 0 radical (unpaired) electrons. The van der Waals surface area contributed by atoms with E-state index in [-0.39, 0.29) is 0 Å². The summed E-state index contributed by atoms with van der Waals surface area (Å²) in [6.07, 6.45) is -4.64. The van der Waals surface area contributed by atoms with Crippen molar-refractivity contribution in [2.45, 2.75) is 6.18 Å². The van der Waals surface area contributed by atoms with Gasteiger partial charge in [-0.1, -0.05) is 6.58 Å². The fraction of sp³-hybridized carbons (Fsp3) is 0.400. The Kier molecular flexibility index (Phi) is 2.59. The van der Waals surface area contributed by atoms with Crippen LogP contribution in [0.4, 0.5) is 13.2 Å². The molecule has 10 heavy (non-hydrogen) atoms. The van der Waals surface area contributed by atoms with Gasteiger partial charge < -0.3 is 5.73 Å². The van der Waals surface area contributed by atoms with Crippen LogP contribution in [-0.2, 0) is 4.79 Å². The Morgan fingerprint density at radius 1 is 1.50 bits per heavy atom. The zero-order valence-corrected chi connectivity index (χ0v) is 5.03. The second-order valence-corrected chi connectivity index (χ2v) is 1.60. The van der Waals surface area contributed by atoms with Crippen LogP contribution in [-0.4, -0.2) is 18.5 Å². The molecule has 0 bridgehead atoms. The van der Waals surface area contributed by atoms with E-state index >= 15 is 0 Å². The van der Waals surface area contributed by atoms with Gasteiger partial charge in [-0.2, -0.15) is 13.2 Å². The van der Waals surface area contributed by atoms with Crippen LogP contribution in [0.2, 0.25) is 0 Å². The number of alkyl halides is 3. The van der Waals surface area contributed by atoms with Gasteiger partial charge in [-0.15, -0.1) is 0 Å². The number of halogens is 3. The fourth-order valence-corrected chi connectivity index (χ4v) is 0.281. The topological polar surface area (TPSA) is 43.1 Å². The van der Waals surface area contributed by atoms with Crippen LogP contribution in [0.5, 0.6) is 0 Å². The van der Waals surface area contributed by atoms with E-state index in [9.17, 15) is 18.0 Å². The van der Waals surface area contributed by atoms with Crippen LogP contribution < -0.4 is 5.73 Å². The average Bonchev–Trinajstić information content (AvgIpc) is 1.83. The van der Waals surface area contributed by atoms with Gasteiger partial charge in [0.05, 0.1) is 12.1 Å². The standard InChI is InChI=1S/C5H6F3NO/c1-3(4(10)2-9)5(6,7)8/h1-2,9H2. The summed E-state index contributed by atoms with van der Waals surface area (Å²) in [6.45, 7) is 1.89. The van der Waals surface area contributed by atoms with E-state index in [1.54, 1.807) is 0 Å². The molecule has 0 unspecified atom stereocenters. The first-order valence-electron chi connectivity index (χ1n) is 2.39. The van der Waals surface area contributed by atoms with Gasteiger partial charge >= 0.3 is 6.18 Å². The number of nitrogens with two attached hydrogens (primary N) is 1. The van der Waals surface area contributed by atoms with Crippen molar-refractivity contribution in [3.05, 3.63) is 12.2 Å². The lowest BCUT2D eigenvalue weighted by atomic mass is 10.2. The second-order valence-electron chi connectivity index (χ2n) is 1.60. The predicted octanol–water partition coefficient (Wildman–Crippen LogP) is 0.633. The summed E-state index contributed by atoms with van der Waals surface area (Å²) in [7, 11) is 0. The van der Waals surface area contributed by atoms with E-state index in [0.717, 1.165) is 0 Å². The Balaban J connectivity index is 4.24. The van der Waals surface area contributed by atoms with Crippen molar-refractivity contribution in [1.29, 1.82) is 0 Å². The molecule has 2 N–H and O–H groups in total. The molecule has 0 aliphatic carbocycles. The third-order valence-corrected chi connectivity index (χ3v) is 0.864. The number of ketones is 1. The summed E-state index contributed by atoms with van der Waals surface area (Å²) < 4.78 is 34.5. The third kappa shape index (κ3) is 2.18. The molecule has 5 heteroatoms. The highest BCUT2D eigenvalue weighted by Crippen LogP contribution is 2.23. The summed E-state index contributed by atoms with van der Waals surface area (Å²) in [5.74, 6) is -1.17. The van der Waals surface area contributed by atoms with Gasteiger partial charge in [-0.05, 0) is 0 Å². The SMILES string of the molecule is C=C(C(=O)CN)C(F)(F)F. The van der Waals surface area contributed by atoms with Gasteiger partial charge in [0, 0.05) is 0 Å². The van der Waals surface area contributed by atoms with Crippen LogP contribution in [0, 0.1) is 0 Å². The maximum Gasteiger partial charge on any atom is 0.419 e. The average molecular weight is 153 g/mol. The molecule has 0 aliphatic rings. The number of carbonyl (C=O) groups excluding carboxylic acids is 1. The molecule has 0 aromatic heterocycles. The van der Waals surface area contributed by atoms with Crippen molar-refractivity contribution in [3.8, 4) is 0 Å². The van der Waals surface area contributed by atoms with E-state index < -0.39 is 24.1 Å². The summed E-state index contributed by atoms with van der Waals surface area (Å²) in [5, 5.41) is 0. The highest BCUT2D eigenvalue weighted by molar-refractivity contribution is 5.97. The van der Waals surface area contributed by atoms with Crippen molar-refractivity contribution in [1.82, 2.24) is 0 Å². The smallest absolute Gasteiger partial charge is 0.324 e. The Hall–Kier alpha value is -0.840. The maximum absolute atomic E-state index is 11.5. The minimum absolute atomic E-state index is 0.654. The van der Waals surface area contributed by atoms with Gasteiger partial charge in [-0.3, -0.25) is 4.79 Å². The number of Topliss-reactive ketones (excluding diaryl/α,β-unsaturated/α-hetero) is 1. The minimum Gasteiger partial charge on any atom is -0.324 e. The van der Waals surface area contributed by atoms with Crippen LogP contribution in [0.1, 0.15) is 0 Å². The number of carbonyl (C=O) groups is 1. The van der Waals surface area contributed by atoms with Crippen molar-refractivity contribution < 1.29 is 18.0 Å². The first kappa shape index (κ1) is 9.16. The lowest BCUT2D eigenvalue weighted by Crippen LogP contribution is -2.24. The summed E-state index contributed by atoms with van der Waals surface area (Å²) in [6, 6.07) is 0. The number of hydrogen-bond donors (Lipinski definition) is 1. The maximum atomic E-state index is 11.5. The number of hydrogen-bond acceptors (Lipinski definition) is 2. The molecule has 0 fully saturated rings. The van der Waals surface area contributed by atoms with Crippen LogP contribution in [0.3, 0.4) is 0 Å². The highest BCUT2D eigenvalue weighted by Gasteiger charge is 2.35. The molecular formula is C5H6F3NO. The summed E-state index contributed by atoms with van der Waals surface area (Å²) in [4.78, 5) is 10.2. The largest absolute Gasteiger partial charge is 0.419 e. The van der Waals surface area contributed by atoms with Gasteiger partial charge in [0.2, 0.25) is 0 Å². The first-order valence-corrected chi connectivity index (χ1v) is 2.39. The fourth-order valence-electron chi connectivity index (χ4n) is 0.281. The van der Waals surface area contributed by atoms with Crippen molar-refractivity contribution in [2.24, 2.45) is 5.73 Å². The molecule has 0 atom stereocenters. The molecule has 0 spiro atoms. The Morgan fingerprint density at radius 2 is 1.90 bits per heavy atom. The second kappa shape index (κ2) is 2.83. The van der Waals surface area contributed by atoms with Crippen LogP contribution >= 0.6 is 0 Å². The van der Waals surface area contributed by atoms with Crippen molar-refractivity contribution >= 4 is 5.78 Å². The quantitative estimate of drug-likeness (QED) is 0.591. The van der Waals surface area contributed by atoms with E-state index in [1.165, 1.54) is 0 Å². The third-order valence-electron chi connectivity index (χ3n) is 0.864. The Morgan fingerprint density at radius 3 is 2.00 bits per heavy atom. The molecule has 0 aliphatic heterocycles. The normalized spacial score (nSPS) is 11.2. The predicted molar refractivity (Wildman–Crippen MR) is 29.3 cm³/mol. The molecule has 0 aromatic carbocycles. The molecular weight excluding hydrogens is 147 g/mol. The molecule has 0 saturated heterocycles. The Bertz CT molecular complexity index is 161. The highest BCUT2D eigenvalue weighted by atomic mass is 19.4. The van der Waals surface area contributed by atoms with E-state index in [2.05, 4.69) is 12.3 Å². The molecule has 0 saturated carbocycles. The van der Waals surface area contributed by atoms with Gasteiger partial charge in [-0.25, -0.2) is 0 Å². The van der Waals surface area contributed by atoms with E-state index in [1.807, 2.05) is 0 Å². The van der Waals surface area contributed by atoms with E-state index in [0.29, 0.717) is 0 Å². The molecule has 2 nitrogen and oxygen atoms in total. The summed E-state index contributed by atoms with van der Waals surface area (Å²) in [5.41, 5.74) is 3.27. The van der Waals surface area contributed by atoms with Gasteiger partial charge in [0.15, 0.2) is 5.78 Å². The molecule has 0 amide bonds. The minimum atomic E-state index is -4.64. The van der Waals surface area contributed by atoms with Gasteiger partial charge in [0.25, 0.3) is 0 Å². The van der Waals surface area contributed by atoms with Crippen LogP contribution in [0.15, 0.2) is 12.2 Å². The molecule has 0 rings (SSSR count).